The van der Waals surface area contributed by atoms with Crippen LogP contribution >= 0.6 is 0 Å². The summed E-state index contributed by atoms with van der Waals surface area (Å²) in [6.07, 6.45) is -6.82. The first-order valence-electron chi connectivity index (χ1n) is 7.76. The summed E-state index contributed by atoms with van der Waals surface area (Å²) < 4.78 is 10.1. The molecule has 1 heterocycles. The minimum atomic E-state index is -1.82. The molecule has 0 spiro atoms. The fraction of sp³-hybridized carbons (Fsp3) is 0.750. The van der Waals surface area contributed by atoms with Gasteiger partial charge in [0.1, 0.15) is 18.3 Å². The minimum absolute atomic E-state index is 0.0264. The topological polar surface area (TPSA) is 134 Å². The van der Waals surface area contributed by atoms with Crippen molar-refractivity contribution in [3.8, 4) is 0 Å². The highest BCUT2D eigenvalue weighted by Gasteiger charge is 2.62. The van der Waals surface area contributed by atoms with Crippen molar-refractivity contribution in [2.45, 2.75) is 58.4 Å². The van der Waals surface area contributed by atoms with Crippen molar-refractivity contribution in [3.05, 3.63) is 11.6 Å². The Morgan fingerprint density at radius 2 is 1.67 bits per heavy atom. The summed E-state index contributed by atoms with van der Waals surface area (Å²) in [5, 5.41) is 38.2. The molecule has 2 aliphatic rings. The van der Waals surface area contributed by atoms with Gasteiger partial charge in [0.25, 0.3) is 0 Å². The molecule has 0 radical (unpaired) electrons. The van der Waals surface area contributed by atoms with Gasteiger partial charge in [-0.05, 0) is 25.2 Å². The number of aliphatic hydroxyl groups is 3. The van der Waals surface area contributed by atoms with Crippen LogP contribution in [0.2, 0.25) is 0 Å². The molecule has 1 saturated carbocycles. The molecule has 2 rings (SSSR count). The fourth-order valence-electron chi connectivity index (χ4n) is 3.14. The van der Waals surface area contributed by atoms with E-state index in [0.29, 0.717) is 0 Å². The molecule has 8 heteroatoms. The second-order valence-electron chi connectivity index (χ2n) is 7.24. The molecular formula is C16H24O8. The third-order valence-electron chi connectivity index (χ3n) is 4.72. The van der Waals surface area contributed by atoms with E-state index in [1.165, 1.54) is 0 Å². The molecule has 1 aliphatic heterocycles. The summed E-state index contributed by atoms with van der Waals surface area (Å²) in [6, 6.07) is 0. The fourth-order valence-corrected chi connectivity index (χ4v) is 3.14. The van der Waals surface area contributed by atoms with E-state index in [9.17, 15) is 24.9 Å². The number of esters is 1. The van der Waals surface area contributed by atoms with Gasteiger partial charge in [0, 0.05) is 0 Å². The Labute approximate surface area is 139 Å². The van der Waals surface area contributed by atoms with Crippen LogP contribution < -0.4 is 0 Å². The van der Waals surface area contributed by atoms with Crippen molar-refractivity contribution in [1.29, 1.82) is 0 Å². The van der Waals surface area contributed by atoms with Crippen LogP contribution in [0.4, 0.5) is 0 Å². The van der Waals surface area contributed by atoms with Gasteiger partial charge in [0.2, 0.25) is 6.29 Å². The number of aliphatic carboxylic acids is 1. The Balaban J connectivity index is 2.08. The lowest BCUT2D eigenvalue weighted by Crippen LogP contribution is -2.60. The quantitative estimate of drug-likeness (QED) is 0.402. The molecule has 0 bridgehead atoms. The van der Waals surface area contributed by atoms with Crippen molar-refractivity contribution < 1.29 is 39.5 Å². The van der Waals surface area contributed by atoms with E-state index < -0.39 is 48.6 Å². The summed E-state index contributed by atoms with van der Waals surface area (Å²) in [7, 11) is 0. The van der Waals surface area contributed by atoms with Crippen LogP contribution in [-0.2, 0) is 19.1 Å². The molecule has 136 valence electrons. The van der Waals surface area contributed by atoms with Gasteiger partial charge in [0.15, 0.2) is 6.10 Å². The van der Waals surface area contributed by atoms with Gasteiger partial charge in [-0.3, -0.25) is 4.79 Å². The van der Waals surface area contributed by atoms with Gasteiger partial charge in [-0.1, -0.05) is 25.5 Å². The summed E-state index contributed by atoms with van der Waals surface area (Å²) >= 11 is 0. The Morgan fingerprint density at radius 3 is 2.17 bits per heavy atom. The van der Waals surface area contributed by atoms with Crippen LogP contribution in [0.3, 0.4) is 0 Å². The number of hydrogen-bond donors (Lipinski definition) is 4. The lowest BCUT2D eigenvalue weighted by Gasteiger charge is -2.38. The van der Waals surface area contributed by atoms with Crippen LogP contribution in [0.25, 0.3) is 0 Å². The molecule has 4 N–H and O–H groups in total. The molecular weight excluding hydrogens is 320 g/mol. The van der Waals surface area contributed by atoms with E-state index in [-0.39, 0.29) is 11.3 Å². The van der Waals surface area contributed by atoms with Crippen molar-refractivity contribution in [2.75, 3.05) is 0 Å². The maximum Gasteiger partial charge on any atom is 0.335 e. The average Bonchev–Trinajstić information content (AvgIpc) is 2.99. The normalized spacial score (nSPS) is 40.5. The predicted octanol–water partition coefficient (Wildman–Crippen LogP) is -0.340. The van der Waals surface area contributed by atoms with Crippen molar-refractivity contribution in [2.24, 2.45) is 17.3 Å². The van der Waals surface area contributed by atoms with Crippen molar-refractivity contribution >= 4 is 11.9 Å². The molecule has 7 atom stereocenters. The Hall–Kier alpha value is -1.48. The molecule has 0 amide bonds. The van der Waals surface area contributed by atoms with Crippen LogP contribution in [0.5, 0.6) is 0 Å². The average molecular weight is 344 g/mol. The van der Waals surface area contributed by atoms with Gasteiger partial charge in [-0.25, -0.2) is 4.79 Å². The second kappa shape index (κ2) is 6.44. The molecule has 0 unspecified atom stereocenters. The summed E-state index contributed by atoms with van der Waals surface area (Å²) in [5.41, 5.74) is 0.736. The first-order chi connectivity index (χ1) is 11.0. The van der Waals surface area contributed by atoms with E-state index >= 15 is 0 Å². The first-order valence-corrected chi connectivity index (χ1v) is 7.76. The predicted molar refractivity (Wildman–Crippen MR) is 80.6 cm³/mol. The molecule has 1 saturated heterocycles. The highest BCUT2D eigenvalue weighted by molar-refractivity contribution is 5.78. The third-order valence-corrected chi connectivity index (χ3v) is 4.72. The second-order valence-corrected chi connectivity index (χ2v) is 7.24. The van der Waals surface area contributed by atoms with Crippen LogP contribution in [0.15, 0.2) is 11.6 Å². The van der Waals surface area contributed by atoms with E-state index in [4.69, 9.17) is 14.6 Å². The van der Waals surface area contributed by atoms with Gasteiger partial charge < -0.3 is 29.9 Å². The molecule has 0 aromatic heterocycles. The zero-order chi connectivity index (χ0) is 18.4. The van der Waals surface area contributed by atoms with E-state index in [1.807, 2.05) is 33.8 Å². The number of ether oxygens (including phenoxy) is 2. The van der Waals surface area contributed by atoms with Gasteiger partial charge >= 0.3 is 11.9 Å². The summed E-state index contributed by atoms with van der Waals surface area (Å²) in [6.45, 7) is 7.64. The molecule has 8 nitrogen and oxygen atoms in total. The SMILES string of the molecule is CC(C)=C[C@@H]1[C@@H](C(=O)O[C@H]2O[C@H](C(=O)O)[C@@H](O)[C@H](O)[C@H]2O)C1(C)C. The zero-order valence-electron chi connectivity index (χ0n) is 14.0. The monoisotopic (exact) mass is 344 g/mol. The molecule has 0 aromatic carbocycles. The number of carboxylic acids is 1. The number of allylic oxidation sites excluding steroid dienone is 2. The van der Waals surface area contributed by atoms with E-state index in [2.05, 4.69) is 0 Å². The standard InChI is InChI=1S/C16H24O8/c1-6(2)5-7-8(16(7,3)4)14(22)24-15-11(19)9(17)10(18)12(23-15)13(20)21/h5,7-12,15,17-19H,1-4H3,(H,20,21)/t7-,8+,9+,10+,11-,12+,15-/m1/s1. The van der Waals surface area contributed by atoms with Gasteiger partial charge in [0.05, 0.1) is 5.92 Å². The number of carbonyl (C=O) groups is 2. The van der Waals surface area contributed by atoms with Crippen LogP contribution in [0, 0.1) is 17.3 Å². The zero-order valence-corrected chi connectivity index (χ0v) is 14.0. The number of aliphatic hydroxyl groups excluding tert-OH is 3. The van der Waals surface area contributed by atoms with E-state index in [0.717, 1.165) is 5.57 Å². The number of carboxylic acid groups (broad SMARTS) is 1. The highest BCUT2D eigenvalue weighted by atomic mass is 16.7. The molecule has 1 aliphatic carbocycles. The van der Waals surface area contributed by atoms with Crippen molar-refractivity contribution in [1.82, 2.24) is 0 Å². The van der Waals surface area contributed by atoms with Gasteiger partial charge in [-0.15, -0.1) is 0 Å². The van der Waals surface area contributed by atoms with Gasteiger partial charge in [-0.2, -0.15) is 0 Å². The Kier molecular flexibility index (Phi) is 5.06. The Bertz CT molecular complexity index is 550. The molecule has 24 heavy (non-hydrogen) atoms. The summed E-state index contributed by atoms with van der Waals surface area (Å²) in [4.78, 5) is 23.4. The minimum Gasteiger partial charge on any atom is -0.479 e. The smallest absolute Gasteiger partial charge is 0.335 e. The maximum absolute atomic E-state index is 12.4. The first kappa shape index (κ1) is 18.9. The maximum atomic E-state index is 12.4. The largest absolute Gasteiger partial charge is 0.479 e. The van der Waals surface area contributed by atoms with Crippen LogP contribution in [0.1, 0.15) is 27.7 Å². The van der Waals surface area contributed by atoms with Crippen molar-refractivity contribution in [3.63, 3.8) is 0 Å². The summed E-state index contributed by atoms with van der Waals surface area (Å²) in [5.74, 6) is -2.64. The van der Waals surface area contributed by atoms with Crippen LogP contribution in [-0.4, -0.2) is 63.1 Å². The number of carbonyl (C=O) groups excluding carboxylic acids is 1. The van der Waals surface area contributed by atoms with E-state index in [1.54, 1.807) is 0 Å². The third kappa shape index (κ3) is 3.32. The molecule has 0 aromatic rings. The Morgan fingerprint density at radius 1 is 1.08 bits per heavy atom. The highest BCUT2D eigenvalue weighted by Crippen LogP contribution is 2.60. The lowest BCUT2D eigenvalue weighted by molar-refractivity contribution is -0.287. The number of hydrogen-bond acceptors (Lipinski definition) is 7. The number of rotatable bonds is 4. The molecule has 2 fully saturated rings. The lowest BCUT2D eigenvalue weighted by atomic mass is 9.99.